The first-order valence-electron chi connectivity index (χ1n) is 20.1. The normalized spacial score (nSPS) is 16.5. The van der Waals surface area contributed by atoms with Crippen LogP contribution in [0.5, 0.6) is 0 Å². The van der Waals surface area contributed by atoms with E-state index < -0.39 is 0 Å². The number of piperazine rings is 1. The average molecular weight is 743 g/mol. The molecule has 1 amide bonds. The molecule has 54 heavy (non-hydrogen) atoms. The highest BCUT2D eigenvalue weighted by Gasteiger charge is 2.31. The third kappa shape index (κ3) is 10.6. The zero-order chi connectivity index (χ0) is 39.0. The van der Waals surface area contributed by atoms with E-state index in [2.05, 4.69) is 90.0 Å². The fraction of sp³-hybridized carbons (Fsp3) is 0.591. The molecule has 10 nitrogen and oxygen atoms in total. The summed E-state index contributed by atoms with van der Waals surface area (Å²) in [6, 6.07) is 15.4. The van der Waals surface area contributed by atoms with E-state index in [1.807, 2.05) is 32.9 Å². The summed E-state index contributed by atoms with van der Waals surface area (Å²) in [6.07, 6.45) is 3.77. The van der Waals surface area contributed by atoms with Gasteiger partial charge in [0.05, 0.1) is 5.60 Å². The van der Waals surface area contributed by atoms with Gasteiger partial charge in [0.2, 0.25) is 0 Å². The number of H-pyrrole nitrogens is 1. The standard InChI is InChI=1S/C44H66N6O4/c1-9-50(37-14-23-53-24-15-37)40-28-36(27-38(33(40)4)41(51)46-29-39-31(2)26-32(3)47-42(39)52)35-12-10-34(11-13-35)30-48-19-21-49(22-20-48)43(5,6)17-25-54-44(7,8)16-18-45/h10-13,26-28,37H,9,14-25,29-30,45H2,1-8H3,(H,46,51)(H,47,52). The second-order valence-corrected chi connectivity index (χ2v) is 16.6. The Morgan fingerprint density at radius 3 is 2.30 bits per heavy atom. The van der Waals surface area contributed by atoms with Crippen molar-refractivity contribution in [3.8, 4) is 11.1 Å². The van der Waals surface area contributed by atoms with Crippen LogP contribution in [0.4, 0.5) is 5.69 Å². The number of ether oxygens (including phenoxy) is 2. The van der Waals surface area contributed by atoms with Gasteiger partial charge in [-0.2, -0.15) is 0 Å². The number of rotatable bonds is 16. The highest BCUT2D eigenvalue weighted by atomic mass is 16.5. The molecule has 3 heterocycles. The molecule has 2 fully saturated rings. The molecule has 0 aliphatic carbocycles. The van der Waals surface area contributed by atoms with E-state index in [1.54, 1.807) is 0 Å². The van der Waals surface area contributed by atoms with Crippen molar-refractivity contribution in [1.29, 1.82) is 0 Å². The van der Waals surface area contributed by atoms with E-state index in [1.165, 1.54) is 5.56 Å². The lowest BCUT2D eigenvalue weighted by Crippen LogP contribution is -2.54. The second-order valence-electron chi connectivity index (χ2n) is 16.6. The maximum Gasteiger partial charge on any atom is 0.253 e. The van der Waals surface area contributed by atoms with E-state index in [-0.39, 0.29) is 29.2 Å². The molecule has 0 bridgehead atoms. The summed E-state index contributed by atoms with van der Waals surface area (Å²) in [4.78, 5) is 37.1. The Kier molecular flexibility index (Phi) is 14.2. The Balaban J connectivity index is 1.29. The number of nitrogens with zero attached hydrogens (tertiary/aromatic N) is 3. The maximum absolute atomic E-state index is 13.9. The van der Waals surface area contributed by atoms with Crippen LogP contribution >= 0.6 is 0 Å². The molecule has 2 aromatic carbocycles. The summed E-state index contributed by atoms with van der Waals surface area (Å²) in [5.41, 5.74) is 13.8. The predicted molar refractivity (Wildman–Crippen MR) is 220 cm³/mol. The van der Waals surface area contributed by atoms with Gasteiger partial charge in [0.15, 0.2) is 0 Å². The van der Waals surface area contributed by atoms with Crippen LogP contribution in [0.3, 0.4) is 0 Å². The number of anilines is 1. The molecular weight excluding hydrogens is 677 g/mol. The lowest BCUT2D eigenvalue weighted by atomic mass is 9.94. The van der Waals surface area contributed by atoms with E-state index in [4.69, 9.17) is 15.2 Å². The summed E-state index contributed by atoms with van der Waals surface area (Å²) >= 11 is 0. The van der Waals surface area contributed by atoms with Gasteiger partial charge in [-0.3, -0.25) is 19.4 Å². The van der Waals surface area contributed by atoms with E-state index in [0.29, 0.717) is 23.7 Å². The van der Waals surface area contributed by atoms with Gasteiger partial charge in [-0.05, 0) is 134 Å². The lowest BCUT2D eigenvalue weighted by Gasteiger charge is -2.44. The molecule has 296 valence electrons. The maximum atomic E-state index is 13.9. The minimum Gasteiger partial charge on any atom is -0.381 e. The summed E-state index contributed by atoms with van der Waals surface area (Å²) in [7, 11) is 0. The number of carbonyl (C=O) groups excluding carboxylic acids is 1. The van der Waals surface area contributed by atoms with E-state index >= 15 is 0 Å². The molecule has 1 aromatic heterocycles. The first-order valence-corrected chi connectivity index (χ1v) is 20.1. The quantitative estimate of drug-likeness (QED) is 0.156. The van der Waals surface area contributed by atoms with Gasteiger partial charge in [-0.15, -0.1) is 0 Å². The SMILES string of the molecule is CCN(c1cc(-c2ccc(CN3CCN(C(C)(C)CCOC(C)(C)CCN)CC3)cc2)cc(C(=O)NCc2c(C)cc(C)[nH]c2=O)c1C)C1CCOCC1. The molecule has 2 saturated heterocycles. The first kappa shape index (κ1) is 41.6. The largest absolute Gasteiger partial charge is 0.381 e. The van der Waals surface area contributed by atoms with Gasteiger partial charge in [0.1, 0.15) is 0 Å². The van der Waals surface area contributed by atoms with E-state index in [9.17, 15) is 9.59 Å². The smallest absolute Gasteiger partial charge is 0.253 e. The minimum atomic E-state index is -0.181. The average Bonchev–Trinajstić information content (AvgIpc) is 3.13. The highest BCUT2D eigenvalue weighted by Crippen LogP contribution is 2.34. The number of aromatic amines is 1. The van der Waals surface area contributed by atoms with Crippen molar-refractivity contribution in [1.82, 2.24) is 20.1 Å². The lowest BCUT2D eigenvalue weighted by molar-refractivity contribution is -0.0444. The zero-order valence-electron chi connectivity index (χ0n) is 34.3. The van der Waals surface area contributed by atoms with Gasteiger partial charge >= 0.3 is 0 Å². The second kappa shape index (κ2) is 18.4. The van der Waals surface area contributed by atoms with Crippen LogP contribution in [0.25, 0.3) is 11.1 Å². The molecule has 5 rings (SSSR count). The highest BCUT2D eigenvalue weighted by molar-refractivity contribution is 5.99. The Labute approximate surface area is 323 Å². The predicted octanol–water partition coefficient (Wildman–Crippen LogP) is 6.33. The molecule has 10 heteroatoms. The number of hydrogen-bond donors (Lipinski definition) is 3. The van der Waals surface area contributed by atoms with Crippen LogP contribution in [0.2, 0.25) is 0 Å². The van der Waals surface area contributed by atoms with Crippen molar-refractivity contribution in [2.24, 2.45) is 5.73 Å². The minimum absolute atomic E-state index is 0.0739. The van der Waals surface area contributed by atoms with Gasteiger partial charge in [0, 0.05) is 99.7 Å². The van der Waals surface area contributed by atoms with Crippen LogP contribution in [0.15, 0.2) is 47.3 Å². The molecule has 3 aromatic rings. The number of nitrogens with one attached hydrogen (secondary N) is 2. The van der Waals surface area contributed by atoms with Crippen molar-refractivity contribution < 1.29 is 14.3 Å². The number of nitrogens with two attached hydrogens (primary N) is 1. The number of carbonyl (C=O) groups is 1. The van der Waals surface area contributed by atoms with Gasteiger partial charge in [0.25, 0.3) is 11.5 Å². The van der Waals surface area contributed by atoms with Crippen LogP contribution in [-0.4, -0.2) is 97.0 Å². The van der Waals surface area contributed by atoms with Gasteiger partial charge in [-0.1, -0.05) is 24.3 Å². The molecule has 0 unspecified atom stereocenters. The molecular formula is C44H66N6O4. The van der Waals surface area contributed by atoms with E-state index in [0.717, 1.165) is 118 Å². The molecule has 2 aliphatic rings. The van der Waals surface area contributed by atoms with Crippen molar-refractivity contribution >= 4 is 11.6 Å². The van der Waals surface area contributed by atoms with Crippen LogP contribution < -0.4 is 21.5 Å². The fourth-order valence-corrected chi connectivity index (χ4v) is 8.11. The molecule has 4 N–H and O–H groups in total. The summed E-state index contributed by atoms with van der Waals surface area (Å²) in [5.74, 6) is -0.181. The van der Waals surface area contributed by atoms with Crippen LogP contribution in [-0.2, 0) is 22.6 Å². The molecule has 2 aliphatic heterocycles. The first-order chi connectivity index (χ1) is 25.7. The number of amides is 1. The van der Waals surface area contributed by atoms with Crippen molar-refractivity contribution in [3.63, 3.8) is 0 Å². The Bertz CT molecular complexity index is 1750. The number of benzene rings is 2. The summed E-state index contributed by atoms with van der Waals surface area (Å²) in [6.45, 7) is 25.8. The summed E-state index contributed by atoms with van der Waals surface area (Å²) < 4.78 is 11.9. The number of pyridine rings is 1. The molecule has 0 atom stereocenters. The molecule has 0 saturated carbocycles. The Morgan fingerprint density at radius 1 is 0.981 bits per heavy atom. The number of aryl methyl sites for hydroxylation is 2. The topological polar surface area (TPSA) is 116 Å². The summed E-state index contributed by atoms with van der Waals surface area (Å²) in [5, 5.41) is 3.07. The van der Waals surface area contributed by atoms with Gasteiger partial charge in [-0.25, -0.2) is 0 Å². The number of aromatic nitrogens is 1. The van der Waals surface area contributed by atoms with Crippen LogP contribution in [0.1, 0.15) is 98.6 Å². The van der Waals surface area contributed by atoms with Crippen LogP contribution in [0, 0.1) is 20.8 Å². The van der Waals surface area contributed by atoms with Crippen molar-refractivity contribution in [2.45, 2.75) is 111 Å². The zero-order valence-corrected chi connectivity index (χ0v) is 34.3. The molecule has 0 spiro atoms. The molecule has 0 radical (unpaired) electrons. The fourth-order valence-electron chi connectivity index (χ4n) is 8.11. The van der Waals surface area contributed by atoms with Crippen molar-refractivity contribution in [3.05, 3.63) is 86.3 Å². The third-order valence-electron chi connectivity index (χ3n) is 11.7. The number of hydrogen-bond acceptors (Lipinski definition) is 8. The Morgan fingerprint density at radius 2 is 1.67 bits per heavy atom. The third-order valence-corrected chi connectivity index (χ3v) is 11.7. The van der Waals surface area contributed by atoms with Gasteiger partial charge < -0.3 is 30.4 Å². The monoisotopic (exact) mass is 743 g/mol. The van der Waals surface area contributed by atoms with Crippen molar-refractivity contribution in [2.75, 3.05) is 64.0 Å². The Hall–Kier alpha value is -3.54.